The van der Waals surface area contributed by atoms with Gasteiger partial charge in [-0.05, 0) is 24.5 Å². The minimum absolute atomic E-state index is 0.0122. The first-order valence-electron chi connectivity index (χ1n) is 8.61. The summed E-state index contributed by atoms with van der Waals surface area (Å²) in [5.74, 6) is 0.0871. The summed E-state index contributed by atoms with van der Waals surface area (Å²) in [5, 5.41) is 0. The van der Waals surface area contributed by atoms with Crippen molar-refractivity contribution in [1.29, 1.82) is 0 Å². The molecule has 2 heterocycles. The zero-order valence-corrected chi connectivity index (χ0v) is 13.6. The summed E-state index contributed by atoms with van der Waals surface area (Å²) in [4.78, 5) is 31.6. The van der Waals surface area contributed by atoms with Crippen molar-refractivity contribution in [2.75, 3.05) is 0 Å². The van der Waals surface area contributed by atoms with Crippen LogP contribution < -0.4 is 0 Å². The van der Waals surface area contributed by atoms with Crippen LogP contribution in [-0.4, -0.2) is 31.8 Å². The van der Waals surface area contributed by atoms with Crippen molar-refractivity contribution in [3.8, 4) is 0 Å². The zero-order chi connectivity index (χ0) is 16.6. The Morgan fingerprint density at radius 1 is 1.17 bits per heavy atom. The van der Waals surface area contributed by atoms with Crippen molar-refractivity contribution in [3.63, 3.8) is 0 Å². The fourth-order valence-corrected chi connectivity index (χ4v) is 4.17. The third-order valence-electron chi connectivity index (χ3n) is 5.45. The number of hydrogen-bond acceptors (Lipinski definition) is 3. The smallest absolute Gasteiger partial charge is 0.254 e. The Kier molecular flexibility index (Phi) is 3.71. The van der Waals surface area contributed by atoms with Crippen molar-refractivity contribution in [2.24, 2.45) is 0 Å². The summed E-state index contributed by atoms with van der Waals surface area (Å²) in [6.45, 7) is 0.617. The number of rotatable bonds is 3. The molecule has 0 saturated heterocycles. The molecule has 5 nitrogen and oxygen atoms in total. The molecule has 1 saturated carbocycles. The SMILES string of the molecule is O=C1c2ccccc2CN1C1(CC(=O)n2ccnc2)CCCCC1. The molecule has 1 aromatic heterocycles. The van der Waals surface area contributed by atoms with Crippen molar-refractivity contribution >= 4 is 11.8 Å². The molecule has 1 aliphatic heterocycles. The maximum absolute atomic E-state index is 13.0. The number of amides is 1. The number of carbonyl (C=O) groups is 2. The number of nitrogens with zero attached hydrogens (tertiary/aromatic N) is 3. The lowest BCUT2D eigenvalue weighted by Gasteiger charge is -2.44. The summed E-state index contributed by atoms with van der Waals surface area (Å²) in [6.07, 6.45) is 10.3. The van der Waals surface area contributed by atoms with Gasteiger partial charge in [0.1, 0.15) is 6.33 Å². The first-order valence-corrected chi connectivity index (χ1v) is 8.61. The van der Waals surface area contributed by atoms with Crippen molar-refractivity contribution in [3.05, 3.63) is 54.1 Å². The molecule has 4 rings (SSSR count). The Morgan fingerprint density at radius 3 is 2.67 bits per heavy atom. The molecule has 1 aliphatic carbocycles. The number of hydrogen-bond donors (Lipinski definition) is 0. The molecule has 0 unspecified atom stereocenters. The zero-order valence-electron chi connectivity index (χ0n) is 13.6. The molecule has 5 heteroatoms. The van der Waals surface area contributed by atoms with Crippen molar-refractivity contribution in [1.82, 2.24) is 14.5 Å². The van der Waals surface area contributed by atoms with E-state index in [4.69, 9.17) is 0 Å². The van der Waals surface area contributed by atoms with Crippen molar-refractivity contribution in [2.45, 2.75) is 50.6 Å². The van der Waals surface area contributed by atoms with E-state index in [0.717, 1.165) is 36.8 Å². The highest BCUT2D eigenvalue weighted by Crippen LogP contribution is 2.41. The van der Waals surface area contributed by atoms with Crippen LogP contribution >= 0.6 is 0 Å². The van der Waals surface area contributed by atoms with E-state index in [1.165, 1.54) is 11.0 Å². The molecule has 0 bridgehead atoms. The van der Waals surface area contributed by atoms with Crippen LogP contribution in [0.4, 0.5) is 0 Å². The number of imidazole rings is 1. The predicted molar refractivity (Wildman–Crippen MR) is 89.6 cm³/mol. The van der Waals surface area contributed by atoms with Crippen LogP contribution in [0.15, 0.2) is 43.0 Å². The van der Waals surface area contributed by atoms with Gasteiger partial charge in [0, 0.05) is 24.5 Å². The van der Waals surface area contributed by atoms with Crippen LogP contribution in [0.1, 0.15) is 59.2 Å². The Labute approximate surface area is 141 Å². The van der Waals surface area contributed by atoms with Crippen LogP contribution in [0.25, 0.3) is 0 Å². The molecule has 0 atom stereocenters. The second-order valence-corrected chi connectivity index (χ2v) is 6.87. The highest BCUT2D eigenvalue weighted by atomic mass is 16.2. The summed E-state index contributed by atoms with van der Waals surface area (Å²) in [5.41, 5.74) is 1.50. The number of carbonyl (C=O) groups excluding carboxylic acids is 2. The third-order valence-corrected chi connectivity index (χ3v) is 5.45. The lowest BCUT2D eigenvalue weighted by Crippen LogP contribution is -2.51. The van der Waals surface area contributed by atoms with Gasteiger partial charge in [0.15, 0.2) is 0 Å². The molecule has 0 spiro atoms. The van der Waals surface area contributed by atoms with Gasteiger partial charge in [-0.15, -0.1) is 0 Å². The lowest BCUT2D eigenvalue weighted by atomic mass is 9.77. The van der Waals surface area contributed by atoms with Gasteiger partial charge in [-0.25, -0.2) is 4.98 Å². The van der Waals surface area contributed by atoms with Crippen LogP contribution in [0.2, 0.25) is 0 Å². The van der Waals surface area contributed by atoms with Crippen LogP contribution in [0.5, 0.6) is 0 Å². The summed E-state index contributed by atoms with van der Waals surface area (Å²) in [6, 6.07) is 7.79. The molecule has 2 aromatic rings. The minimum Gasteiger partial charge on any atom is -0.328 e. The molecular formula is C19H21N3O2. The molecule has 2 aliphatic rings. The van der Waals surface area contributed by atoms with E-state index >= 15 is 0 Å². The van der Waals surface area contributed by atoms with Gasteiger partial charge in [0.25, 0.3) is 5.91 Å². The van der Waals surface area contributed by atoms with E-state index in [1.54, 1.807) is 18.7 Å². The van der Waals surface area contributed by atoms with Gasteiger partial charge in [-0.3, -0.25) is 14.2 Å². The summed E-state index contributed by atoms with van der Waals surface area (Å²) >= 11 is 0. The third kappa shape index (κ3) is 2.44. The highest BCUT2D eigenvalue weighted by molar-refractivity contribution is 5.99. The topological polar surface area (TPSA) is 55.2 Å². The van der Waals surface area contributed by atoms with Crippen LogP contribution in [-0.2, 0) is 6.54 Å². The maximum Gasteiger partial charge on any atom is 0.254 e. The largest absolute Gasteiger partial charge is 0.328 e. The quantitative estimate of drug-likeness (QED) is 0.871. The minimum atomic E-state index is -0.365. The fourth-order valence-electron chi connectivity index (χ4n) is 4.17. The summed E-state index contributed by atoms with van der Waals surface area (Å²) in [7, 11) is 0. The maximum atomic E-state index is 13.0. The summed E-state index contributed by atoms with van der Waals surface area (Å²) < 4.78 is 1.53. The fraction of sp³-hybridized carbons (Fsp3) is 0.421. The average molecular weight is 323 g/mol. The van der Waals surface area contributed by atoms with Gasteiger partial charge >= 0.3 is 0 Å². The Morgan fingerprint density at radius 2 is 1.96 bits per heavy atom. The second-order valence-electron chi connectivity index (χ2n) is 6.87. The van der Waals surface area contributed by atoms with E-state index in [0.29, 0.717) is 13.0 Å². The number of benzene rings is 1. The number of fused-ring (bicyclic) bond motifs is 1. The van der Waals surface area contributed by atoms with E-state index < -0.39 is 0 Å². The average Bonchev–Trinajstić information content (AvgIpc) is 3.25. The van der Waals surface area contributed by atoms with Gasteiger partial charge in [0.2, 0.25) is 5.91 Å². The van der Waals surface area contributed by atoms with E-state index in [1.807, 2.05) is 29.2 Å². The second kappa shape index (κ2) is 5.89. The molecule has 0 N–H and O–H groups in total. The molecule has 24 heavy (non-hydrogen) atoms. The molecule has 1 fully saturated rings. The molecule has 124 valence electrons. The van der Waals surface area contributed by atoms with Crippen LogP contribution in [0, 0.1) is 0 Å². The highest BCUT2D eigenvalue weighted by Gasteiger charge is 2.45. The van der Waals surface area contributed by atoms with Crippen LogP contribution in [0.3, 0.4) is 0 Å². The Hall–Kier alpha value is -2.43. The standard InChI is InChI=1S/C19H21N3O2/c23-17(21-11-10-20-14-21)12-19(8-4-1-5-9-19)22-13-15-6-2-3-7-16(15)18(22)24/h2-3,6-7,10-11,14H,1,4-5,8-9,12-13H2. The van der Waals surface area contributed by atoms with Gasteiger partial charge < -0.3 is 4.90 Å². The van der Waals surface area contributed by atoms with E-state index in [9.17, 15) is 9.59 Å². The normalized spacial score (nSPS) is 19.3. The Balaban J connectivity index is 1.65. The Bertz CT molecular complexity index is 761. The van der Waals surface area contributed by atoms with Crippen molar-refractivity contribution < 1.29 is 9.59 Å². The lowest BCUT2D eigenvalue weighted by molar-refractivity contribution is 0.0295. The van der Waals surface area contributed by atoms with Gasteiger partial charge in [-0.1, -0.05) is 37.5 Å². The molecule has 1 aromatic carbocycles. The first kappa shape index (κ1) is 15.1. The predicted octanol–water partition coefficient (Wildman–Crippen LogP) is 3.27. The monoisotopic (exact) mass is 323 g/mol. The molecular weight excluding hydrogens is 302 g/mol. The molecule has 1 amide bonds. The van der Waals surface area contributed by atoms with Gasteiger partial charge in [0.05, 0.1) is 12.0 Å². The first-order chi connectivity index (χ1) is 11.7. The number of aromatic nitrogens is 2. The van der Waals surface area contributed by atoms with E-state index in [2.05, 4.69) is 4.98 Å². The molecule has 0 radical (unpaired) electrons. The van der Waals surface area contributed by atoms with E-state index in [-0.39, 0.29) is 17.4 Å². The van der Waals surface area contributed by atoms with Gasteiger partial charge in [-0.2, -0.15) is 0 Å².